The third-order valence-electron chi connectivity index (χ3n) is 1.21. The molecule has 0 N–H and O–H groups in total. The van der Waals surface area contributed by atoms with Gasteiger partial charge in [0.25, 0.3) is 0 Å². The predicted octanol–water partition coefficient (Wildman–Crippen LogP) is 3.56. The zero-order valence-electron chi connectivity index (χ0n) is 9.85. The van der Waals surface area contributed by atoms with Crippen molar-refractivity contribution in [3.63, 3.8) is 0 Å². The van der Waals surface area contributed by atoms with Crippen LogP contribution in [0.15, 0.2) is 4.99 Å². The minimum atomic E-state index is 0.0425. The molecular formula is C11H23NS. The summed E-state index contributed by atoms with van der Waals surface area (Å²) < 4.78 is 0. The monoisotopic (exact) mass is 201 g/mol. The van der Waals surface area contributed by atoms with Crippen LogP contribution in [-0.2, 0) is 0 Å². The lowest BCUT2D eigenvalue weighted by atomic mass is 10.0. The fourth-order valence-electron chi connectivity index (χ4n) is 0.826. The highest BCUT2D eigenvalue weighted by Gasteiger charge is 2.11. The van der Waals surface area contributed by atoms with Crippen LogP contribution in [0.25, 0.3) is 0 Å². The van der Waals surface area contributed by atoms with Gasteiger partial charge in [-0.25, -0.2) is 0 Å². The normalized spacial score (nSPS) is 16.5. The van der Waals surface area contributed by atoms with Gasteiger partial charge >= 0.3 is 0 Å². The lowest BCUT2D eigenvalue weighted by molar-refractivity contribution is 0.481. The Balaban J connectivity index is 4.11. The van der Waals surface area contributed by atoms with Gasteiger partial charge in [0.2, 0.25) is 0 Å². The number of nitrogens with zero attached hydrogens (tertiary/aromatic N) is 1. The molecule has 0 aliphatic heterocycles. The van der Waals surface area contributed by atoms with Gasteiger partial charge in [0.1, 0.15) is 0 Å². The summed E-state index contributed by atoms with van der Waals surface area (Å²) in [5.41, 5.74) is 2.42. The highest BCUT2D eigenvalue weighted by atomic mass is 32.2. The summed E-state index contributed by atoms with van der Waals surface area (Å²) in [6.45, 7) is 13.0. The Morgan fingerprint density at radius 3 is 1.92 bits per heavy atom. The van der Waals surface area contributed by atoms with Crippen LogP contribution in [0.3, 0.4) is 0 Å². The number of aliphatic imine (C=N–C) groups is 1. The first kappa shape index (κ1) is 12.9. The van der Waals surface area contributed by atoms with Crippen LogP contribution in [0.1, 0.15) is 41.5 Å². The maximum absolute atomic E-state index is 4.47. The van der Waals surface area contributed by atoms with Crippen LogP contribution >= 0.6 is 10.5 Å². The van der Waals surface area contributed by atoms with Crippen molar-refractivity contribution >= 4 is 21.9 Å². The lowest BCUT2D eigenvalue weighted by Crippen LogP contribution is -2.12. The van der Waals surface area contributed by atoms with Gasteiger partial charge in [-0.2, -0.15) is 10.5 Å². The molecule has 0 saturated heterocycles. The summed E-state index contributed by atoms with van der Waals surface area (Å²) in [5.74, 6) is 5.22. The average Bonchev–Trinajstić information content (AvgIpc) is 1.78. The van der Waals surface area contributed by atoms with Crippen molar-refractivity contribution in [1.82, 2.24) is 0 Å². The summed E-state index contributed by atoms with van der Waals surface area (Å²) in [6.07, 6.45) is 0. The smallest absolute Gasteiger partial charge is 0.0530 e. The van der Waals surface area contributed by atoms with Gasteiger partial charge in [-0.3, -0.25) is 4.99 Å². The van der Waals surface area contributed by atoms with Gasteiger partial charge in [0, 0.05) is 5.55 Å². The summed E-state index contributed by atoms with van der Waals surface area (Å²) in [5, 5.41) is 0. The van der Waals surface area contributed by atoms with Crippen molar-refractivity contribution in [2.75, 3.05) is 5.75 Å². The molecule has 0 amide bonds. The fourth-order valence-corrected chi connectivity index (χ4v) is 2.48. The first-order valence-electron chi connectivity index (χ1n) is 4.65. The highest BCUT2D eigenvalue weighted by Crippen LogP contribution is 2.23. The van der Waals surface area contributed by atoms with E-state index in [2.05, 4.69) is 52.4 Å². The molecule has 0 aromatic carbocycles. The van der Waals surface area contributed by atoms with Gasteiger partial charge in [-0.1, -0.05) is 26.6 Å². The molecule has 0 aromatic heterocycles. The summed E-state index contributed by atoms with van der Waals surface area (Å²) in [7, 11) is 0.0724. The van der Waals surface area contributed by atoms with Crippen molar-refractivity contribution in [3.8, 4) is 0 Å². The Kier molecular flexibility index (Phi) is 4.37. The van der Waals surface area contributed by atoms with Gasteiger partial charge in [-0.15, -0.1) is 0 Å². The van der Waals surface area contributed by atoms with Crippen molar-refractivity contribution < 1.29 is 0 Å². The van der Waals surface area contributed by atoms with Crippen molar-refractivity contribution in [3.05, 3.63) is 0 Å². The molecule has 0 saturated carbocycles. The molecule has 0 fully saturated rings. The number of hydrogen-bond donors (Lipinski definition) is 0. The molecule has 0 aliphatic carbocycles. The standard InChI is InChI=1S/C11H23NS/c1-10(2,3)8-13(7)9-12-11(4,5)6/h9H,7-8H2,1-6H3. The molecule has 1 atom stereocenters. The van der Waals surface area contributed by atoms with Gasteiger partial charge in [0.15, 0.2) is 0 Å². The van der Waals surface area contributed by atoms with Crippen molar-refractivity contribution in [1.29, 1.82) is 0 Å². The maximum Gasteiger partial charge on any atom is 0.0530 e. The molecule has 13 heavy (non-hydrogen) atoms. The van der Waals surface area contributed by atoms with Crippen LogP contribution < -0.4 is 0 Å². The molecule has 0 radical (unpaired) electrons. The van der Waals surface area contributed by atoms with Crippen LogP contribution in [0.2, 0.25) is 0 Å². The number of rotatable bonds is 2. The van der Waals surface area contributed by atoms with E-state index in [1.54, 1.807) is 0 Å². The van der Waals surface area contributed by atoms with E-state index in [-0.39, 0.29) is 16.0 Å². The molecule has 2 heteroatoms. The molecule has 0 heterocycles. The second-order valence-electron chi connectivity index (χ2n) is 5.65. The summed E-state index contributed by atoms with van der Waals surface area (Å²) in [6, 6.07) is 0. The van der Waals surface area contributed by atoms with Crippen molar-refractivity contribution in [2.45, 2.75) is 47.1 Å². The average molecular weight is 201 g/mol. The van der Waals surface area contributed by atoms with Gasteiger partial charge in [-0.05, 0) is 31.9 Å². The minimum Gasteiger partial charge on any atom is -0.281 e. The molecule has 1 unspecified atom stereocenters. The summed E-state index contributed by atoms with van der Waals surface area (Å²) >= 11 is 0. The molecule has 0 bridgehead atoms. The molecule has 0 aromatic rings. The maximum atomic E-state index is 4.47. The topological polar surface area (TPSA) is 12.4 Å². The minimum absolute atomic E-state index is 0.0425. The van der Waals surface area contributed by atoms with E-state index in [9.17, 15) is 0 Å². The van der Waals surface area contributed by atoms with Crippen molar-refractivity contribution in [2.24, 2.45) is 10.4 Å². The van der Waals surface area contributed by atoms with E-state index >= 15 is 0 Å². The van der Waals surface area contributed by atoms with Crippen LogP contribution in [0, 0.1) is 5.41 Å². The Labute approximate surface area is 85.6 Å². The first-order chi connectivity index (χ1) is 5.60. The highest BCUT2D eigenvalue weighted by molar-refractivity contribution is 8.25. The van der Waals surface area contributed by atoms with Crippen LogP contribution in [-0.4, -0.2) is 22.7 Å². The van der Waals surface area contributed by atoms with E-state index in [4.69, 9.17) is 0 Å². The Morgan fingerprint density at radius 2 is 1.62 bits per heavy atom. The molecular weight excluding hydrogens is 178 g/mol. The molecule has 78 valence electrons. The third kappa shape index (κ3) is 9.81. The molecule has 1 nitrogen and oxygen atoms in total. The van der Waals surface area contributed by atoms with Gasteiger partial charge < -0.3 is 0 Å². The Hall–Kier alpha value is -0.110. The second-order valence-corrected chi connectivity index (χ2v) is 7.22. The van der Waals surface area contributed by atoms with Gasteiger partial charge in [0.05, 0.1) is 5.54 Å². The van der Waals surface area contributed by atoms with E-state index in [1.807, 2.05) is 5.55 Å². The Bertz CT molecular complexity index is 203. The molecule has 0 spiro atoms. The molecule has 0 rings (SSSR count). The van der Waals surface area contributed by atoms with E-state index < -0.39 is 0 Å². The fraction of sp³-hybridized carbons (Fsp3) is 0.818. The largest absolute Gasteiger partial charge is 0.281 e. The van der Waals surface area contributed by atoms with E-state index in [0.717, 1.165) is 5.75 Å². The Morgan fingerprint density at radius 1 is 1.15 bits per heavy atom. The number of hydrogen-bond acceptors (Lipinski definition) is 1. The summed E-state index contributed by atoms with van der Waals surface area (Å²) in [4.78, 5) is 4.47. The quantitative estimate of drug-likeness (QED) is 0.368. The second kappa shape index (κ2) is 4.41. The first-order valence-corrected chi connectivity index (χ1v) is 6.27. The van der Waals surface area contributed by atoms with Crippen LogP contribution in [0.4, 0.5) is 0 Å². The van der Waals surface area contributed by atoms with Crippen LogP contribution in [0.5, 0.6) is 0 Å². The zero-order chi connectivity index (χ0) is 10.7. The SMILES string of the molecule is C=S(C=NC(C)(C)C)CC(C)(C)C. The van der Waals surface area contributed by atoms with E-state index in [0.29, 0.717) is 5.41 Å². The zero-order valence-corrected chi connectivity index (χ0v) is 10.7. The lowest BCUT2D eigenvalue weighted by Gasteiger charge is -2.19. The predicted molar refractivity (Wildman–Crippen MR) is 67.3 cm³/mol. The molecule has 0 aliphatic rings. The van der Waals surface area contributed by atoms with E-state index in [1.165, 1.54) is 0 Å². The third-order valence-corrected chi connectivity index (χ3v) is 2.85.